The van der Waals surface area contributed by atoms with E-state index >= 15 is 0 Å². The summed E-state index contributed by atoms with van der Waals surface area (Å²) in [4.78, 5) is 3.13. The first kappa shape index (κ1) is 6.73. The largest absolute Gasteiger partial charge is 0.361 e. The lowest BCUT2D eigenvalue weighted by Crippen LogP contribution is -1.77. The van der Waals surface area contributed by atoms with Crippen LogP contribution in [0.4, 0.5) is 5.69 Å². The predicted molar refractivity (Wildman–Crippen MR) is 50.8 cm³/mol. The minimum Gasteiger partial charge on any atom is -0.361 e. The van der Waals surface area contributed by atoms with Gasteiger partial charge in [0.15, 0.2) is 0 Å². The molecule has 56 valence electrons. The monoisotopic (exact) mass is 210 g/mol. The van der Waals surface area contributed by atoms with E-state index in [4.69, 9.17) is 0 Å². The highest BCUT2D eigenvalue weighted by atomic mass is 79.9. The number of halogens is 1. The van der Waals surface area contributed by atoms with Gasteiger partial charge < -0.3 is 9.33 Å². The number of benzene rings is 1. The number of H-pyrrole nitrogens is 1. The maximum atomic E-state index is 3.17. The van der Waals surface area contributed by atoms with Crippen LogP contribution in [0.2, 0.25) is 0 Å². The van der Waals surface area contributed by atoms with E-state index in [0.29, 0.717) is 0 Å². The predicted octanol–water partition coefficient (Wildman–Crippen LogP) is 2.89. The molecule has 0 amide bonds. The first-order chi connectivity index (χ1) is 5.40. The summed E-state index contributed by atoms with van der Waals surface area (Å²) < 4.78 is 2.91. The van der Waals surface area contributed by atoms with Gasteiger partial charge in [-0.15, -0.1) is 0 Å². The van der Waals surface area contributed by atoms with E-state index in [1.807, 2.05) is 24.4 Å². The molecular weight excluding hydrogens is 204 g/mol. The zero-order chi connectivity index (χ0) is 7.68. The van der Waals surface area contributed by atoms with Gasteiger partial charge in [0.25, 0.3) is 0 Å². The molecule has 1 heterocycles. The smallest absolute Gasteiger partial charge is 0.0465 e. The third-order valence-corrected chi connectivity index (χ3v) is 2.12. The molecule has 0 radical (unpaired) electrons. The molecule has 0 aliphatic rings. The first-order valence-corrected chi connectivity index (χ1v) is 4.13. The Morgan fingerprint density at radius 1 is 1.27 bits per heavy atom. The number of aromatic amines is 1. The van der Waals surface area contributed by atoms with Crippen LogP contribution >= 0.6 is 16.1 Å². The van der Waals surface area contributed by atoms with Gasteiger partial charge in [0.2, 0.25) is 0 Å². The van der Waals surface area contributed by atoms with Crippen molar-refractivity contribution in [2.24, 2.45) is 0 Å². The van der Waals surface area contributed by atoms with Crippen molar-refractivity contribution in [2.75, 3.05) is 4.34 Å². The van der Waals surface area contributed by atoms with E-state index in [-0.39, 0.29) is 0 Å². The second-order valence-electron chi connectivity index (χ2n) is 2.37. The molecule has 2 nitrogen and oxygen atoms in total. The Bertz CT molecular complexity index is 367. The van der Waals surface area contributed by atoms with E-state index in [1.165, 1.54) is 5.39 Å². The Hall–Kier alpha value is -0.960. The van der Waals surface area contributed by atoms with Crippen molar-refractivity contribution in [3.63, 3.8) is 0 Å². The van der Waals surface area contributed by atoms with Crippen LogP contribution in [0.15, 0.2) is 30.5 Å². The van der Waals surface area contributed by atoms with Crippen molar-refractivity contribution < 1.29 is 0 Å². The van der Waals surface area contributed by atoms with E-state index in [9.17, 15) is 0 Å². The molecule has 1 aromatic carbocycles. The van der Waals surface area contributed by atoms with Crippen molar-refractivity contribution in [2.45, 2.75) is 0 Å². The molecule has 0 saturated carbocycles. The highest BCUT2D eigenvalue weighted by Crippen LogP contribution is 2.18. The molecule has 3 heteroatoms. The van der Waals surface area contributed by atoms with Gasteiger partial charge in [0.1, 0.15) is 0 Å². The first-order valence-electron chi connectivity index (χ1n) is 3.34. The third-order valence-electron chi connectivity index (χ3n) is 1.66. The quantitative estimate of drug-likeness (QED) is 0.697. The Kier molecular flexibility index (Phi) is 1.58. The Morgan fingerprint density at radius 2 is 2.18 bits per heavy atom. The van der Waals surface area contributed by atoms with Crippen molar-refractivity contribution in [3.05, 3.63) is 30.5 Å². The van der Waals surface area contributed by atoms with Gasteiger partial charge in [0, 0.05) is 38.9 Å². The molecule has 0 unspecified atom stereocenters. The highest BCUT2D eigenvalue weighted by molar-refractivity contribution is 9.10. The van der Waals surface area contributed by atoms with Crippen molar-refractivity contribution in [1.82, 2.24) is 4.98 Å². The summed E-state index contributed by atoms with van der Waals surface area (Å²) in [5.41, 5.74) is 2.23. The average molecular weight is 211 g/mol. The van der Waals surface area contributed by atoms with Gasteiger partial charge in [-0.3, -0.25) is 0 Å². The molecule has 0 saturated heterocycles. The van der Waals surface area contributed by atoms with Gasteiger partial charge in [-0.25, -0.2) is 0 Å². The van der Waals surface area contributed by atoms with Gasteiger partial charge >= 0.3 is 0 Å². The van der Waals surface area contributed by atoms with Crippen LogP contribution < -0.4 is 4.34 Å². The minimum absolute atomic E-state index is 1.07. The molecule has 0 atom stereocenters. The van der Waals surface area contributed by atoms with Crippen LogP contribution in [0.1, 0.15) is 0 Å². The lowest BCUT2D eigenvalue weighted by Gasteiger charge is -1.96. The minimum atomic E-state index is 1.07. The molecule has 0 aliphatic heterocycles. The van der Waals surface area contributed by atoms with Gasteiger partial charge in [-0.1, -0.05) is 0 Å². The average Bonchev–Trinajstić information content (AvgIpc) is 2.50. The second-order valence-corrected chi connectivity index (χ2v) is 2.77. The number of nitrogens with one attached hydrogen (secondary N) is 2. The fourth-order valence-corrected chi connectivity index (χ4v) is 1.36. The van der Waals surface area contributed by atoms with Crippen LogP contribution in [0.5, 0.6) is 0 Å². The van der Waals surface area contributed by atoms with E-state index < -0.39 is 0 Å². The molecule has 11 heavy (non-hydrogen) atoms. The summed E-state index contributed by atoms with van der Waals surface area (Å²) in [6.45, 7) is 0. The van der Waals surface area contributed by atoms with Crippen molar-refractivity contribution >= 4 is 32.7 Å². The van der Waals surface area contributed by atoms with Crippen molar-refractivity contribution in [1.29, 1.82) is 0 Å². The lowest BCUT2D eigenvalue weighted by atomic mass is 10.2. The standard InChI is InChI=1S/C8H7BrN2/c9-11-7-1-2-8-6(5-7)3-4-10-8/h1-5,10-11H. The van der Waals surface area contributed by atoms with Crippen LogP contribution in [-0.4, -0.2) is 4.98 Å². The number of hydrogen-bond donors (Lipinski definition) is 2. The molecule has 1 aromatic heterocycles. The zero-order valence-corrected chi connectivity index (χ0v) is 7.35. The van der Waals surface area contributed by atoms with Gasteiger partial charge in [-0.2, -0.15) is 0 Å². The summed E-state index contributed by atoms with van der Waals surface area (Å²) in [7, 11) is 0. The molecule has 0 bridgehead atoms. The summed E-state index contributed by atoms with van der Waals surface area (Å²) in [5, 5.41) is 1.22. The maximum absolute atomic E-state index is 3.17. The zero-order valence-electron chi connectivity index (χ0n) is 5.76. The second kappa shape index (κ2) is 2.58. The van der Waals surface area contributed by atoms with E-state index in [1.54, 1.807) is 0 Å². The van der Waals surface area contributed by atoms with Crippen LogP contribution in [0.3, 0.4) is 0 Å². The number of rotatable bonds is 1. The molecule has 2 rings (SSSR count). The van der Waals surface area contributed by atoms with E-state index in [2.05, 4.69) is 31.5 Å². The number of aromatic nitrogens is 1. The molecule has 0 fully saturated rings. The van der Waals surface area contributed by atoms with Crippen LogP contribution in [0, 0.1) is 0 Å². The molecular formula is C8H7BrN2. The Morgan fingerprint density at radius 3 is 3.00 bits per heavy atom. The van der Waals surface area contributed by atoms with Crippen molar-refractivity contribution in [3.8, 4) is 0 Å². The van der Waals surface area contributed by atoms with Gasteiger partial charge in [-0.05, 0) is 24.3 Å². The van der Waals surface area contributed by atoms with Crippen LogP contribution in [0.25, 0.3) is 10.9 Å². The number of fused-ring (bicyclic) bond motifs is 1. The third kappa shape index (κ3) is 1.12. The Labute approximate surface area is 72.9 Å². The molecule has 2 aromatic rings. The molecule has 2 N–H and O–H groups in total. The van der Waals surface area contributed by atoms with Gasteiger partial charge in [0.05, 0.1) is 0 Å². The maximum Gasteiger partial charge on any atom is 0.0465 e. The fraction of sp³-hybridized carbons (Fsp3) is 0. The topological polar surface area (TPSA) is 27.8 Å². The molecule has 0 aliphatic carbocycles. The Balaban J connectivity index is 2.67. The number of hydrogen-bond acceptors (Lipinski definition) is 1. The fourth-order valence-electron chi connectivity index (χ4n) is 1.11. The van der Waals surface area contributed by atoms with Crippen LogP contribution in [-0.2, 0) is 0 Å². The SMILES string of the molecule is BrNc1ccc2[nH]ccc2c1. The lowest BCUT2D eigenvalue weighted by molar-refractivity contribution is 1.48. The van der Waals surface area contributed by atoms with E-state index in [0.717, 1.165) is 11.2 Å². The normalized spacial score (nSPS) is 10.3. The summed E-state index contributed by atoms with van der Waals surface area (Å²) in [6, 6.07) is 8.16. The highest BCUT2D eigenvalue weighted by Gasteiger charge is 1.93. The molecule has 0 spiro atoms. The summed E-state index contributed by atoms with van der Waals surface area (Å²) in [6.07, 6.45) is 1.93. The summed E-state index contributed by atoms with van der Waals surface area (Å²) >= 11 is 3.17. The summed E-state index contributed by atoms with van der Waals surface area (Å²) in [5.74, 6) is 0. The number of anilines is 1.